The van der Waals surface area contributed by atoms with E-state index in [2.05, 4.69) is 20.9 Å². The number of fused-ring (bicyclic) bond motifs is 1. The zero-order valence-corrected chi connectivity index (χ0v) is 22.0. The second-order valence-corrected chi connectivity index (χ2v) is 9.94. The van der Waals surface area contributed by atoms with Gasteiger partial charge in [0.1, 0.15) is 18.1 Å². The molecule has 0 aliphatic heterocycles. The number of aliphatic carboxylic acids is 1. The number of carboxylic acid groups (broad SMARTS) is 1. The van der Waals surface area contributed by atoms with Gasteiger partial charge in [-0.15, -0.1) is 0 Å². The predicted molar refractivity (Wildman–Crippen MR) is 142 cm³/mol. The number of hydrogen-bond donors (Lipinski definition) is 6. The standard InChI is InChI=1S/C25H37N5O5S/c1-5-14(2)21(25(34)35)30-24(33)20(10-11-36-4)29-22(31)15(3)28-23(32)18(26)12-16-13-27-19-9-7-6-8-17(16)19/h6-9,13-15,18,20-21,27H,5,10-12,26H2,1-4H3,(H,28,32)(H,29,31)(H,30,33)(H,34,35). The van der Waals surface area contributed by atoms with E-state index < -0.39 is 47.9 Å². The molecule has 10 nitrogen and oxygen atoms in total. The number of hydrogen-bond acceptors (Lipinski definition) is 6. The number of H-pyrrole nitrogens is 1. The molecule has 0 bridgehead atoms. The van der Waals surface area contributed by atoms with E-state index in [4.69, 9.17) is 5.73 Å². The van der Waals surface area contributed by atoms with Gasteiger partial charge in [-0.05, 0) is 49.3 Å². The summed E-state index contributed by atoms with van der Waals surface area (Å²) in [5.74, 6) is -2.44. The number of thioether (sulfide) groups is 1. The van der Waals surface area contributed by atoms with Crippen LogP contribution >= 0.6 is 11.8 Å². The number of para-hydroxylation sites is 1. The van der Waals surface area contributed by atoms with Gasteiger partial charge in [0, 0.05) is 17.1 Å². The molecule has 1 heterocycles. The van der Waals surface area contributed by atoms with Gasteiger partial charge in [-0.25, -0.2) is 4.79 Å². The van der Waals surface area contributed by atoms with Gasteiger partial charge in [-0.2, -0.15) is 11.8 Å². The van der Waals surface area contributed by atoms with Gasteiger partial charge in [-0.3, -0.25) is 14.4 Å². The summed E-state index contributed by atoms with van der Waals surface area (Å²) < 4.78 is 0. The molecule has 11 heteroatoms. The number of benzene rings is 1. The van der Waals surface area contributed by atoms with E-state index in [1.165, 1.54) is 18.7 Å². The molecule has 0 radical (unpaired) electrons. The van der Waals surface area contributed by atoms with Crippen LogP contribution in [0.1, 0.15) is 39.2 Å². The van der Waals surface area contributed by atoms with Crippen LogP contribution in [0.3, 0.4) is 0 Å². The van der Waals surface area contributed by atoms with E-state index in [-0.39, 0.29) is 12.3 Å². The highest BCUT2D eigenvalue weighted by molar-refractivity contribution is 7.98. The molecule has 1 aromatic carbocycles. The number of rotatable bonds is 14. The van der Waals surface area contributed by atoms with Gasteiger partial charge in [-0.1, -0.05) is 38.5 Å². The highest BCUT2D eigenvalue weighted by Crippen LogP contribution is 2.18. The molecule has 2 rings (SSSR count). The first kappa shape index (κ1) is 29.2. The third kappa shape index (κ3) is 7.99. The van der Waals surface area contributed by atoms with Crippen molar-refractivity contribution in [1.29, 1.82) is 0 Å². The SMILES string of the molecule is CCC(C)C(NC(=O)C(CCSC)NC(=O)C(C)NC(=O)C(N)Cc1c[nH]c2ccccc12)C(=O)O. The fraction of sp³-hybridized carbons (Fsp3) is 0.520. The molecule has 0 aliphatic carbocycles. The van der Waals surface area contributed by atoms with E-state index in [1.54, 1.807) is 6.92 Å². The van der Waals surface area contributed by atoms with E-state index in [1.807, 2.05) is 43.6 Å². The first-order valence-electron chi connectivity index (χ1n) is 12.0. The number of carbonyl (C=O) groups is 4. The summed E-state index contributed by atoms with van der Waals surface area (Å²) >= 11 is 1.50. The minimum absolute atomic E-state index is 0.278. The number of aromatic amines is 1. The Labute approximate surface area is 215 Å². The maximum atomic E-state index is 12.8. The predicted octanol–water partition coefficient (Wildman–Crippen LogP) is 1.40. The summed E-state index contributed by atoms with van der Waals surface area (Å²) in [6, 6.07) is 3.88. The van der Waals surface area contributed by atoms with Gasteiger partial charge in [0.15, 0.2) is 0 Å². The van der Waals surface area contributed by atoms with Gasteiger partial charge < -0.3 is 31.8 Å². The molecular formula is C25H37N5O5S. The van der Waals surface area contributed by atoms with Crippen molar-refractivity contribution in [1.82, 2.24) is 20.9 Å². The minimum Gasteiger partial charge on any atom is -0.480 e. The Balaban J connectivity index is 1.99. The average Bonchev–Trinajstić information content (AvgIpc) is 3.26. The highest BCUT2D eigenvalue weighted by Gasteiger charge is 2.30. The van der Waals surface area contributed by atoms with Crippen molar-refractivity contribution in [3.8, 4) is 0 Å². The van der Waals surface area contributed by atoms with E-state index in [0.29, 0.717) is 18.6 Å². The second-order valence-electron chi connectivity index (χ2n) is 8.95. The number of carboxylic acids is 1. The summed E-state index contributed by atoms with van der Waals surface area (Å²) in [4.78, 5) is 53.1. The van der Waals surface area contributed by atoms with Crippen LogP contribution in [0.5, 0.6) is 0 Å². The van der Waals surface area contributed by atoms with Gasteiger partial charge in [0.25, 0.3) is 0 Å². The summed E-state index contributed by atoms with van der Waals surface area (Å²) in [5, 5.41) is 18.3. The Hall–Kier alpha value is -3.05. The van der Waals surface area contributed by atoms with E-state index in [9.17, 15) is 24.3 Å². The first-order valence-corrected chi connectivity index (χ1v) is 13.4. The third-order valence-corrected chi connectivity index (χ3v) is 6.87. The molecule has 0 saturated heterocycles. The van der Waals surface area contributed by atoms with Crippen molar-refractivity contribution >= 4 is 46.4 Å². The maximum Gasteiger partial charge on any atom is 0.326 e. The Morgan fingerprint density at radius 1 is 1.06 bits per heavy atom. The van der Waals surface area contributed by atoms with Gasteiger partial charge >= 0.3 is 5.97 Å². The second kappa shape index (κ2) is 13.9. The first-order chi connectivity index (χ1) is 17.1. The topological polar surface area (TPSA) is 166 Å². The van der Waals surface area contributed by atoms with E-state index >= 15 is 0 Å². The fourth-order valence-corrected chi connectivity index (χ4v) is 4.23. The summed E-state index contributed by atoms with van der Waals surface area (Å²) in [6.07, 6.45) is 4.85. The van der Waals surface area contributed by atoms with Crippen LogP contribution < -0.4 is 21.7 Å². The largest absolute Gasteiger partial charge is 0.480 e. The average molecular weight is 520 g/mol. The van der Waals surface area contributed by atoms with Crippen molar-refractivity contribution in [2.45, 2.75) is 64.2 Å². The number of amides is 3. The lowest BCUT2D eigenvalue weighted by Crippen LogP contribution is -2.57. The van der Waals surface area contributed by atoms with Crippen LogP contribution in [0, 0.1) is 5.92 Å². The zero-order valence-electron chi connectivity index (χ0n) is 21.2. The van der Waals surface area contributed by atoms with Crippen molar-refractivity contribution < 1.29 is 24.3 Å². The molecule has 198 valence electrons. The lowest BCUT2D eigenvalue weighted by Gasteiger charge is -2.25. The lowest BCUT2D eigenvalue weighted by molar-refractivity contribution is -0.143. The molecule has 0 saturated carbocycles. The molecule has 5 unspecified atom stereocenters. The molecule has 36 heavy (non-hydrogen) atoms. The summed E-state index contributed by atoms with van der Waals surface area (Å²) in [6.45, 7) is 5.09. The van der Waals surface area contributed by atoms with Crippen LogP contribution in [0.4, 0.5) is 0 Å². The molecule has 1 aromatic heterocycles. The molecule has 7 N–H and O–H groups in total. The molecule has 0 spiro atoms. The van der Waals surface area contributed by atoms with Gasteiger partial charge in [0.2, 0.25) is 17.7 Å². The Morgan fingerprint density at radius 3 is 2.39 bits per heavy atom. The number of aromatic nitrogens is 1. The van der Waals surface area contributed by atoms with Crippen molar-refractivity contribution in [2.75, 3.05) is 12.0 Å². The number of carbonyl (C=O) groups excluding carboxylic acids is 3. The zero-order chi connectivity index (χ0) is 26.8. The molecule has 0 fully saturated rings. The van der Waals surface area contributed by atoms with E-state index in [0.717, 1.165) is 16.5 Å². The minimum atomic E-state index is -1.13. The molecule has 5 atom stereocenters. The number of nitrogens with one attached hydrogen (secondary N) is 4. The molecule has 3 amide bonds. The fourth-order valence-electron chi connectivity index (χ4n) is 3.75. The molecular weight excluding hydrogens is 482 g/mol. The Morgan fingerprint density at radius 2 is 1.75 bits per heavy atom. The summed E-state index contributed by atoms with van der Waals surface area (Å²) in [5.41, 5.74) is 7.95. The maximum absolute atomic E-state index is 12.8. The van der Waals surface area contributed by atoms with Crippen LogP contribution in [-0.4, -0.2) is 70.0 Å². The Kier molecular flexibility index (Phi) is 11.3. The van der Waals surface area contributed by atoms with Crippen molar-refractivity contribution in [3.05, 3.63) is 36.0 Å². The van der Waals surface area contributed by atoms with Crippen molar-refractivity contribution in [3.63, 3.8) is 0 Å². The lowest BCUT2D eigenvalue weighted by atomic mass is 9.98. The van der Waals surface area contributed by atoms with Crippen molar-refractivity contribution in [2.24, 2.45) is 11.7 Å². The van der Waals surface area contributed by atoms with Crippen LogP contribution in [0.2, 0.25) is 0 Å². The normalized spacial score (nSPS) is 15.4. The van der Waals surface area contributed by atoms with Crippen LogP contribution in [0.25, 0.3) is 10.9 Å². The Bertz CT molecular complexity index is 1060. The quantitative estimate of drug-likeness (QED) is 0.219. The molecule has 0 aliphatic rings. The highest BCUT2D eigenvalue weighted by atomic mass is 32.2. The smallest absolute Gasteiger partial charge is 0.326 e. The van der Waals surface area contributed by atoms with Crippen LogP contribution in [0.15, 0.2) is 30.5 Å². The van der Waals surface area contributed by atoms with Gasteiger partial charge in [0.05, 0.1) is 6.04 Å². The third-order valence-electron chi connectivity index (χ3n) is 6.22. The number of nitrogens with two attached hydrogens (primary N) is 1. The van der Waals surface area contributed by atoms with Crippen LogP contribution in [-0.2, 0) is 25.6 Å². The monoisotopic (exact) mass is 519 g/mol. The molecule has 2 aromatic rings. The summed E-state index contributed by atoms with van der Waals surface area (Å²) in [7, 11) is 0.